The largest absolute Gasteiger partial charge is 0.497 e. The number of rotatable bonds is 9. The summed E-state index contributed by atoms with van der Waals surface area (Å²) in [7, 11) is 1.64. The Hall–Kier alpha value is -12.2. The molecule has 1 aliphatic carbocycles. The van der Waals surface area contributed by atoms with Crippen molar-refractivity contribution in [2.45, 2.75) is 259 Å². The summed E-state index contributed by atoms with van der Waals surface area (Å²) < 4.78 is 33.8. The zero-order valence-electron chi connectivity index (χ0n) is 81.3. The first-order chi connectivity index (χ1) is 60.9. The Morgan fingerprint density at radius 3 is 1.08 bits per heavy atom. The molecule has 11 heteroatoms. The van der Waals surface area contributed by atoms with Gasteiger partial charge < -0.3 is 28.4 Å². The van der Waals surface area contributed by atoms with Crippen LogP contribution in [0.4, 0.5) is 0 Å². The molecule has 0 bridgehead atoms. The molecule has 130 heavy (non-hydrogen) atoms. The van der Waals surface area contributed by atoms with Gasteiger partial charge in [0.15, 0.2) is 0 Å². The van der Waals surface area contributed by atoms with Gasteiger partial charge >= 0.3 is 29.8 Å². The normalized spacial score (nSPS) is 17.2. The Bertz CT molecular complexity index is 6290. The second kappa shape index (κ2) is 35.2. The molecule has 0 aromatic heterocycles. The van der Waals surface area contributed by atoms with E-state index in [-0.39, 0.29) is 108 Å². The number of ether oxygens (including phenoxy) is 6. The third kappa shape index (κ3) is 18.8. The lowest BCUT2D eigenvalue weighted by Gasteiger charge is -2.39. The van der Waals surface area contributed by atoms with E-state index in [1.165, 1.54) is 61.2 Å². The number of benzene rings is 12. The first-order valence-electron chi connectivity index (χ1n) is 45.9. The molecule has 12 aromatic carbocycles. The molecule has 0 spiro atoms. The van der Waals surface area contributed by atoms with Crippen molar-refractivity contribution < 1.29 is 52.4 Å². The third-order valence-electron chi connectivity index (χ3n) is 27.4. The van der Waals surface area contributed by atoms with Crippen molar-refractivity contribution in [2.24, 2.45) is 5.41 Å². The van der Waals surface area contributed by atoms with Gasteiger partial charge in [-0.05, 0) is 182 Å². The fourth-order valence-electron chi connectivity index (χ4n) is 18.5. The van der Waals surface area contributed by atoms with E-state index in [0.717, 1.165) is 102 Å². The summed E-state index contributed by atoms with van der Waals surface area (Å²) in [6, 6.07) is 86.2. The van der Waals surface area contributed by atoms with E-state index in [2.05, 4.69) is 301 Å². The van der Waals surface area contributed by atoms with E-state index in [1.54, 1.807) is 7.11 Å². The van der Waals surface area contributed by atoms with Crippen LogP contribution in [0.15, 0.2) is 255 Å². The highest BCUT2D eigenvalue weighted by atomic mass is 16.6. The topological polar surface area (TPSA) is 141 Å². The lowest BCUT2D eigenvalue weighted by atomic mass is 9.65. The summed E-state index contributed by atoms with van der Waals surface area (Å²) >= 11 is 0. The van der Waals surface area contributed by atoms with Crippen molar-refractivity contribution in [3.63, 3.8) is 0 Å². The van der Waals surface area contributed by atoms with Crippen LogP contribution in [0.1, 0.15) is 325 Å². The van der Waals surface area contributed by atoms with E-state index in [0.29, 0.717) is 11.5 Å². The first-order valence-corrected chi connectivity index (χ1v) is 45.9. The zero-order valence-corrected chi connectivity index (χ0v) is 81.3. The molecule has 5 atom stereocenters. The van der Waals surface area contributed by atoms with Crippen LogP contribution in [0, 0.1) is 12.3 Å². The Morgan fingerprint density at radius 1 is 0.277 bits per heavy atom. The molecule has 11 nitrogen and oxygen atoms in total. The standard InChI is InChI=1S/C29H30O2.C23H28O3.C23H20O2.C23H28O2.C21H24O2/c1-28(2,3)20-15-23-25(27(30)31-26(23)24(16-20)29(4,5)6)19-12-11-18-13-17-9-7-8-10-21(17)22(18)14-19;1-22(2,3)15-12-17-19(14-8-10-16(25-7)11-9-14)21(24)26-20(17)18(13-15)23(4,5)6;1-23(2,17-11-7-4-8-12-17)18-13-14-20-19(15-18)21(22(24)25-20)16-9-5-3-6-10-16;1-14-16(22(2,3)4)13-17(23(5,6)7)20-18(14)19(21(24)25-20)15-11-9-8-10-12-15;1-20(2,3)21(4,5)15-11-12-17-16(13-15)18(19(22)23-17)14-9-7-6-8-10-14/h7-12,14-16,25H,13H2,1-6H3;8-13,19H,1-7H3;3-15,21H,1-2H3;8-13,19H,1-7H3;6-13,18H,1-5H3. The second-order valence-corrected chi connectivity index (χ2v) is 44.1. The van der Waals surface area contributed by atoms with E-state index in [4.69, 9.17) is 28.4 Å². The molecular formula is C119H130O11. The van der Waals surface area contributed by atoms with Crippen molar-refractivity contribution in [3.05, 3.63) is 377 Å². The van der Waals surface area contributed by atoms with E-state index in [9.17, 15) is 24.0 Å². The molecule has 672 valence electrons. The first kappa shape index (κ1) is 93.9. The number of esters is 5. The van der Waals surface area contributed by atoms with Gasteiger partial charge in [0.25, 0.3) is 0 Å². The SMILES string of the molecule is CC(C)(C)C(C)(C)c1ccc2c(c1)C(c1ccccc1)C(=O)O2.CC(C)(C)c1cc2c(c(C(C)(C)C)c1)OC(=O)C2c1ccc2c(c1)-c1ccccc1C2.CC(C)(c1ccccc1)c1ccc2c(c1)C(c1ccccc1)C(=O)O2.COc1ccc(C2C(=O)Oc3c2cc(C(C)(C)C)cc3C(C)(C)C)cc1.Cc1c(C(C)(C)C)cc(C(C)(C)C)c2c1C(c1ccccc1)C(=O)O2. The number of hydrogen-bond donors (Lipinski definition) is 0. The summed E-state index contributed by atoms with van der Waals surface area (Å²) in [5.41, 5.74) is 26.6. The van der Waals surface area contributed by atoms with Crippen molar-refractivity contribution >= 4 is 29.8 Å². The summed E-state index contributed by atoms with van der Waals surface area (Å²) in [4.78, 5) is 63.6. The van der Waals surface area contributed by atoms with Crippen LogP contribution in [0.5, 0.6) is 34.5 Å². The molecule has 12 aromatic rings. The third-order valence-corrected chi connectivity index (χ3v) is 27.4. The van der Waals surface area contributed by atoms with Gasteiger partial charge in [-0.2, -0.15) is 0 Å². The smallest absolute Gasteiger partial charge is 0.323 e. The molecule has 0 saturated heterocycles. The number of fused-ring (bicyclic) bond motifs is 8. The molecule has 0 amide bonds. The van der Waals surface area contributed by atoms with Crippen LogP contribution in [0.3, 0.4) is 0 Å². The highest BCUT2D eigenvalue weighted by Crippen LogP contribution is 2.55. The average molecular weight is 1740 g/mol. The van der Waals surface area contributed by atoms with Crippen LogP contribution in [0.2, 0.25) is 0 Å². The van der Waals surface area contributed by atoms with Gasteiger partial charge in [-0.3, -0.25) is 24.0 Å². The van der Waals surface area contributed by atoms with Gasteiger partial charge in [0, 0.05) is 49.9 Å². The minimum absolute atomic E-state index is 0.00505. The van der Waals surface area contributed by atoms with Gasteiger partial charge in [-0.25, -0.2) is 0 Å². The fraction of sp³-hybridized carbons (Fsp3) is 0.353. The van der Waals surface area contributed by atoms with E-state index < -0.39 is 0 Å². The molecule has 0 N–H and O–H groups in total. The summed E-state index contributed by atoms with van der Waals surface area (Å²) in [5.74, 6) is 1.72. The Labute approximate surface area is 772 Å². The van der Waals surface area contributed by atoms with Crippen LogP contribution in [-0.4, -0.2) is 37.0 Å². The maximum atomic E-state index is 13.2. The molecular weight excluding hydrogens is 1610 g/mol. The van der Waals surface area contributed by atoms with Crippen LogP contribution in [-0.2, 0) is 73.7 Å². The Kier molecular flexibility index (Phi) is 25.5. The van der Waals surface area contributed by atoms with E-state index >= 15 is 0 Å². The van der Waals surface area contributed by atoms with Crippen molar-refractivity contribution in [2.75, 3.05) is 7.11 Å². The Balaban J connectivity index is 0.000000132. The van der Waals surface area contributed by atoms with Gasteiger partial charge in [0.2, 0.25) is 0 Å². The molecule has 5 aliphatic heterocycles. The minimum Gasteiger partial charge on any atom is -0.497 e. The molecule has 0 saturated carbocycles. The van der Waals surface area contributed by atoms with Gasteiger partial charge in [0.1, 0.15) is 64.1 Å². The summed E-state index contributed by atoms with van der Waals surface area (Å²) in [6.45, 7) is 57.3. The monoisotopic (exact) mass is 1730 g/mol. The summed E-state index contributed by atoms with van der Waals surface area (Å²) in [5, 5.41) is 0. The zero-order chi connectivity index (χ0) is 94.2. The highest BCUT2D eigenvalue weighted by molar-refractivity contribution is 5.95. The van der Waals surface area contributed by atoms with Gasteiger partial charge in [-0.1, -0.05) is 391 Å². The highest BCUT2D eigenvalue weighted by Gasteiger charge is 2.46. The molecule has 18 rings (SSSR count). The van der Waals surface area contributed by atoms with Gasteiger partial charge in [0.05, 0.1) is 7.11 Å². The van der Waals surface area contributed by atoms with Crippen LogP contribution in [0.25, 0.3) is 11.1 Å². The molecule has 0 radical (unpaired) electrons. The lowest BCUT2D eigenvalue weighted by Crippen LogP contribution is -2.34. The van der Waals surface area contributed by atoms with Crippen LogP contribution >= 0.6 is 0 Å². The summed E-state index contributed by atoms with van der Waals surface area (Å²) in [6.07, 6.45) is 0.958. The number of methoxy groups -OCH3 is 1. The quantitative estimate of drug-likeness (QED) is 0.101. The number of carbonyl (C=O) groups excluding carboxylic acids is 5. The van der Waals surface area contributed by atoms with Crippen molar-refractivity contribution in [1.82, 2.24) is 0 Å². The minimum atomic E-state index is -0.390. The number of hydrogen-bond acceptors (Lipinski definition) is 11. The van der Waals surface area contributed by atoms with Gasteiger partial charge in [-0.15, -0.1) is 0 Å². The predicted molar refractivity (Wildman–Crippen MR) is 525 cm³/mol. The van der Waals surface area contributed by atoms with Crippen molar-refractivity contribution in [3.8, 4) is 45.6 Å². The molecule has 0 fully saturated rings. The average Bonchev–Trinajstić information content (AvgIpc) is 1.57. The van der Waals surface area contributed by atoms with E-state index in [1.807, 2.05) is 133 Å². The molecule has 6 aliphatic rings. The van der Waals surface area contributed by atoms with Crippen molar-refractivity contribution in [1.29, 1.82) is 0 Å². The molecule has 5 unspecified atom stereocenters. The maximum Gasteiger partial charge on any atom is 0.323 e. The maximum absolute atomic E-state index is 13.2. The fourth-order valence-corrected chi connectivity index (χ4v) is 18.5. The number of carbonyl (C=O) groups is 5. The second-order valence-electron chi connectivity index (χ2n) is 44.1. The lowest BCUT2D eigenvalue weighted by molar-refractivity contribution is -0.134. The van der Waals surface area contributed by atoms with Crippen LogP contribution < -0.4 is 28.4 Å². The predicted octanol–water partition coefficient (Wildman–Crippen LogP) is 28.0. The molecule has 5 heterocycles. The Morgan fingerprint density at radius 2 is 0.631 bits per heavy atom.